The monoisotopic (exact) mass is 234 g/mol. The van der Waals surface area contributed by atoms with Crippen molar-refractivity contribution in [3.8, 4) is 0 Å². The Labute approximate surface area is 98.5 Å². The maximum absolute atomic E-state index is 11.7. The third kappa shape index (κ3) is 2.49. The summed E-state index contributed by atoms with van der Waals surface area (Å²) in [6.45, 7) is 0. The van der Waals surface area contributed by atoms with E-state index in [1.165, 1.54) is 6.33 Å². The van der Waals surface area contributed by atoms with Crippen molar-refractivity contribution >= 4 is 17.4 Å². The Morgan fingerprint density at radius 3 is 2.88 bits per heavy atom. The number of imidazole rings is 1. The highest BCUT2D eigenvalue weighted by Gasteiger charge is 2.08. The van der Waals surface area contributed by atoms with Crippen LogP contribution in [0.5, 0.6) is 0 Å². The molecule has 1 heterocycles. The van der Waals surface area contributed by atoms with Gasteiger partial charge in [-0.25, -0.2) is 4.98 Å². The van der Waals surface area contributed by atoms with E-state index in [0.29, 0.717) is 23.6 Å². The van der Waals surface area contributed by atoms with E-state index in [0.717, 1.165) is 5.56 Å². The Hall–Kier alpha value is -1.61. The first-order chi connectivity index (χ1) is 7.77. The highest BCUT2D eigenvalue weighted by atomic mass is 35.5. The Balaban J connectivity index is 1.98. The SMILES string of the molecule is O=C(CCc1ccccc1Cl)c1c[nH]cn1. The number of aromatic amines is 1. The van der Waals surface area contributed by atoms with Crippen LogP contribution in [-0.2, 0) is 6.42 Å². The number of benzene rings is 1. The molecule has 4 heteroatoms. The van der Waals surface area contributed by atoms with E-state index in [1.807, 2.05) is 24.3 Å². The first kappa shape index (κ1) is 10.9. The Kier molecular flexibility index (Phi) is 3.37. The van der Waals surface area contributed by atoms with Gasteiger partial charge < -0.3 is 4.98 Å². The van der Waals surface area contributed by atoms with Crippen molar-refractivity contribution in [1.82, 2.24) is 9.97 Å². The zero-order valence-electron chi connectivity index (χ0n) is 8.61. The lowest BCUT2D eigenvalue weighted by Crippen LogP contribution is -2.01. The number of hydrogen-bond donors (Lipinski definition) is 1. The highest BCUT2D eigenvalue weighted by molar-refractivity contribution is 6.31. The van der Waals surface area contributed by atoms with Gasteiger partial charge in [0, 0.05) is 17.6 Å². The van der Waals surface area contributed by atoms with Crippen molar-refractivity contribution < 1.29 is 4.79 Å². The predicted octanol–water partition coefficient (Wildman–Crippen LogP) is 2.88. The van der Waals surface area contributed by atoms with E-state index in [1.54, 1.807) is 6.20 Å². The number of hydrogen-bond acceptors (Lipinski definition) is 2. The number of halogens is 1. The third-order valence-electron chi connectivity index (χ3n) is 2.36. The standard InChI is InChI=1S/C12H11ClN2O/c13-10-4-2-1-3-9(10)5-6-12(16)11-7-14-8-15-11/h1-4,7-8H,5-6H2,(H,14,15). The lowest BCUT2D eigenvalue weighted by atomic mass is 10.1. The van der Waals surface area contributed by atoms with E-state index in [4.69, 9.17) is 11.6 Å². The lowest BCUT2D eigenvalue weighted by molar-refractivity contribution is 0.0978. The average Bonchev–Trinajstić information content (AvgIpc) is 2.81. The zero-order valence-corrected chi connectivity index (χ0v) is 9.37. The molecule has 82 valence electrons. The molecule has 0 fully saturated rings. The third-order valence-corrected chi connectivity index (χ3v) is 2.73. The van der Waals surface area contributed by atoms with Crippen molar-refractivity contribution in [1.29, 1.82) is 0 Å². The van der Waals surface area contributed by atoms with Gasteiger partial charge in [0.2, 0.25) is 0 Å². The highest BCUT2D eigenvalue weighted by Crippen LogP contribution is 2.17. The summed E-state index contributed by atoms with van der Waals surface area (Å²) in [5.41, 5.74) is 1.47. The normalized spacial score (nSPS) is 10.3. The van der Waals surface area contributed by atoms with Crippen molar-refractivity contribution in [2.45, 2.75) is 12.8 Å². The number of carbonyl (C=O) groups is 1. The molecule has 1 N–H and O–H groups in total. The van der Waals surface area contributed by atoms with Crippen LogP contribution in [-0.4, -0.2) is 15.8 Å². The maximum atomic E-state index is 11.7. The van der Waals surface area contributed by atoms with Crippen LogP contribution in [0.25, 0.3) is 0 Å². The molecule has 0 atom stereocenters. The van der Waals surface area contributed by atoms with Crippen LogP contribution in [0.3, 0.4) is 0 Å². The van der Waals surface area contributed by atoms with Gasteiger partial charge in [0.25, 0.3) is 0 Å². The molecule has 0 aliphatic heterocycles. The fourth-order valence-corrected chi connectivity index (χ4v) is 1.72. The molecule has 2 rings (SSSR count). The van der Waals surface area contributed by atoms with E-state index in [2.05, 4.69) is 9.97 Å². The van der Waals surface area contributed by atoms with Crippen LogP contribution in [0.4, 0.5) is 0 Å². The van der Waals surface area contributed by atoms with Crippen LogP contribution in [0.1, 0.15) is 22.5 Å². The van der Waals surface area contributed by atoms with E-state index >= 15 is 0 Å². The quantitative estimate of drug-likeness (QED) is 0.827. The van der Waals surface area contributed by atoms with Crippen LogP contribution in [0.15, 0.2) is 36.8 Å². The summed E-state index contributed by atoms with van der Waals surface area (Å²) in [6.07, 6.45) is 4.18. The summed E-state index contributed by atoms with van der Waals surface area (Å²) < 4.78 is 0. The summed E-state index contributed by atoms with van der Waals surface area (Å²) >= 11 is 6.00. The van der Waals surface area contributed by atoms with Crippen LogP contribution in [0, 0.1) is 0 Å². The van der Waals surface area contributed by atoms with Gasteiger partial charge in [0.05, 0.1) is 6.33 Å². The molecule has 0 saturated carbocycles. The summed E-state index contributed by atoms with van der Waals surface area (Å²) in [6, 6.07) is 7.55. The van der Waals surface area contributed by atoms with Crippen LogP contribution >= 0.6 is 11.6 Å². The van der Waals surface area contributed by atoms with Crippen LogP contribution < -0.4 is 0 Å². The average molecular weight is 235 g/mol. The molecule has 16 heavy (non-hydrogen) atoms. The van der Waals surface area contributed by atoms with Gasteiger partial charge in [-0.2, -0.15) is 0 Å². The molecule has 3 nitrogen and oxygen atoms in total. The molecule has 0 bridgehead atoms. The number of H-pyrrole nitrogens is 1. The Morgan fingerprint density at radius 1 is 1.38 bits per heavy atom. The molecular weight excluding hydrogens is 224 g/mol. The second kappa shape index (κ2) is 4.94. The number of rotatable bonds is 4. The van der Waals surface area contributed by atoms with E-state index in [9.17, 15) is 4.79 Å². The first-order valence-electron chi connectivity index (χ1n) is 5.03. The fourth-order valence-electron chi connectivity index (χ4n) is 1.49. The minimum absolute atomic E-state index is 0.0289. The fraction of sp³-hybridized carbons (Fsp3) is 0.167. The number of Topliss-reactive ketones (excluding diaryl/α,β-unsaturated/α-hetero) is 1. The number of nitrogens with zero attached hydrogens (tertiary/aromatic N) is 1. The molecule has 2 aromatic rings. The van der Waals surface area contributed by atoms with Crippen molar-refractivity contribution in [3.63, 3.8) is 0 Å². The Morgan fingerprint density at radius 2 is 2.19 bits per heavy atom. The molecule has 0 radical (unpaired) electrons. The van der Waals surface area contributed by atoms with E-state index in [-0.39, 0.29) is 5.78 Å². The largest absolute Gasteiger partial charge is 0.350 e. The maximum Gasteiger partial charge on any atom is 0.183 e. The van der Waals surface area contributed by atoms with Crippen molar-refractivity contribution in [2.75, 3.05) is 0 Å². The molecule has 1 aromatic heterocycles. The van der Waals surface area contributed by atoms with Gasteiger partial charge in [-0.05, 0) is 18.1 Å². The number of carbonyl (C=O) groups excluding carboxylic acids is 1. The second-order valence-electron chi connectivity index (χ2n) is 3.47. The number of ketones is 1. The van der Waals surface area contributed by atoms with Crippen molar-refractivity contribution in [3.05, 3.63) is 53.1 Å². The zero-order chi connectivity index (χ0) is 11.4. The summed E-state index contributed by atoms with van der Waals surface area (Å²) in [5.74, 6) is 0.0289. The topological polar surface area (TPSA) is 45.8 Å². The summed E-state index contributed by atoms with van der Waals surface area (Å²) in [4.78, 5) is 18.3. The van der Waals surface area contributed by atoms with Gasteiger partial charge in [-0.15, -0.1) is 0 Å². The second-order valence-corrected chi connectivity index (χ2v) is 3.88. The molecule has 0 amide bonds. The smallest absolute Gasteiger partial charge is 0.183 e. The molecular formula is C12H11ClN2O. The first-order valence-corrected chi connectivity index (χ1v) is 5.40. The lowest BCUT2D eigenvalue weighted by Gasteiger charge is -2.01. The Bertz CT molecular complexity index is 480. The molecule has 0 unspecified atom stereocenters. The van der Waals surface area contributed by atoms with Gasteiger partial charge >= 0.3 is 0 Å². The van der Waals surface area contributed by atoms with E-state index < -0.39 is 0 Å². The molecule has 0 saturated heterocycles. The molecule has 0 aliphatic carbocycles. The molecule has 0 spiro atoms. The number of nitrogens with one attached hydrogen (secondary N) is 1. The number of aryl methyl sites for hydroxylation is 1. The number of aromatic nitrogens is 2. The molecule has 1 aromatic carbocycles. The summed E-state index contributed by atoms with van der Waals surface area (Å²) in [7, 11) is 0. The van der Waals surface area contributed by atoms with Gasteiger partial charge in [0.1, 0.15) is 5.69 Å². The van der Waals surface area contributed by atoms with Gasteiger partial charge in [-0.3, -0.25) is 4.79 Å². The van der Waals surface area contributed by atoms with Crippen LogP contribution in [0.2, 0.25) is 5.02 Å². The van der Waals surface area contributed by atoms with Gasteiger partial charge in [0.15, 0.2) is 5.78 Å². The minimum Gasteiger partial charge on any atom is -0.350 e. The van der Waals surface area contributed by atoms with Crippen molar-refractivity contribution in [2.24, 2.45) is 0 Å². The summed E-state index contributed by atoms with van der Waals surface area (Å²) in [5, 5.41) is 0.706. The molecule has 0 aliphatic rings. The van der Waals surface area contributed by atoms with Gasteiger partial charge in [-0.1, -0.05) is 29.8 Å². The minimum atomic E-state index is 0.0289. The predicted molar refractivity (Wildman–Crippen MR) is 62.7 cm³/mol.